The van der Waals surface area contributed by atoms with Gasteiger partial charge in [-0.15, -0.1) is 0 Å². The molecular weight excluding hydrogens is 258 g/mol. The number of hydrogen-bond donors (Lipinski definition) is 6. The first kappa shape index (κ1) is 19.6. The van der Waals surface area contributed by atoms with Crippen molar-refractivity contribution in [3.05, 3.63) is 0 Å². The van der Waals surface area contributed by atoms with Crippen molar-refractivity contribution in [1.29, 1.82) is 0 Å². The molecule has 0 aromatic rings. The van der Waals surface area contributed by atoms with Gasteiger partial charge in [-0.25, -0.2) is 0 Å². The highest BCUT2D eigenvalue weighted by molar-refractivity contribution is 5.73. The van der Waals surface area contributed by atoms with E-state index in [4.69, 9.17) is 25.8 Å². The molecule has 0 heterocycles. The van der Waals surface area contributed by atoms with Crippen LogP contribution < -0.4 is 16.4 Å². The predicted molar refractivity (Wildman–Crippen MR) is 66.9 cm³/mol. The van der Waals surface area contributed by atoms with Gasteiger partial charge in [0.1, 0.15) is 6.04 Å². The van der Waals surface area contributed by atoms with Gasteiger partial charge in [-0.05, 0) is 0 Å². The summed E-state index contributed by atoms with van der Waals surface area (Å²) in [6, 6.07) is -0.899. The first-order valence-electron chi connectivity index (χ1n) is 5.58. The fourth-order valence-corrected chi connectivity index (χ4v) is 0.842. The van der Waals surface area contributed by atoms with Crippen LogP contribution in [0.25, 0.3) is 0 Å². The van der Waals surface area contributed by atoms with Gasteiger partial charge in [0.25, 0.3) is 5.97 Å². The van der Waals surface area contributed by atoms with Crippen LogP contribution >= 0.6 is 0 Å². The average molecular weight is 279 g/mol. The lowest BCUT2D eigenvalue weighted by atomic mass is 10.3. The number of nitrogens with one attached hydrogen (secondary N) is 2. The third kappa shape index (κ3) is 22.0. The first-order valence-corrected chi connectivity index (χ1v) is 5.58. The summed E-state index contributed by atoms with van der Waals surface area (Å²) in [6.45, 7) is 2.83. The molecule has 0 saturated heterocycles. The molecule has 0 aliphatic heterocycles. The Morgan fingerprint density at radius 1 is 1.05 bits per heavy atom. The summed E-state index contributed by atoms with van der Waals surface area (Å²) < 4.78 is 0. The van der Waals surface area contributed by atoms with Crippen LogP contribution in [0.5, 0.6) is 0 Å². The Morgan fingerprint density at radius 2 is 1.53 bits per heavy atom. The largest absolute Gasteiger partial charge is 0.481 e. The molecule has 0 radical (unpaired) electrons. The summed E-state index contributed by atoms with van der Waals surface area (Å²) in [5, 5.41) is 29.9. The number of carboxylic acids is 3. The molecular formula is C10H21N3O6. The third-order valence-corrected chi connectivity index (χ3v) is 1.68. The van der Waals surface area contributed by atoms with Crippen LogP contribution in [0.15, 0.2) is 0 Å². The lowest BCUT2D eigenvalue weighted by molar-refractivity contribution is -0.139. The second-order valence-electron chi connectivity index (χ2n) is 3.56. The maximum Gasteiger partial charge on any atom is 0.321 e. The topological polar surface area (TPSA) is 162 Å². The van der Waals surface area contributed by atoms with E-state index in [0.29, 0.717) is 19.6 Å². The Labute approximate surface area is 110 Å². The Kier molecular flexibility index (Phi) is 13.2. The molecule has 0 amide bonds. The Bertz CT molecular complexity index is 280. The van der Waals surface area contributed by atoms with Gasteiger partial charge in [-0.3, -0.25) is 14.4 Å². The molecule has 9 heteroatoms. The molecule has 19 heavy (non-hydrogen) atoms. The molecule has 0 rings (SSSR count). The van der Waals surface area contributed by atoms with Crippen molar-refractivity contribution in [2.75, 3.05) is 26.2 Å². The minimum atomic E-state index is -1.04. The van der Waals surface area contributed by atoms with Gasteiger partial charge in [-0.1, -0.05) is 0 Å². The smallest absolute Gasteiger partial charge is 0.321 e. The first-order chi connectivity index (χ1) is 8.77. The number of carbonyl (C=O) groups is 3. The summed E-state index contributed by atoms with van der Waals surface area (Å²) in [6.07, 6.45) is 0.0780. The Morgan fingerprint density at radius 3 is 1.95 bits per heavy atom. The van der Waals surface area contributed by atoms with Crippen LogP contribution in [0.4, 0.5) is 0 Å². The Balaban J connectivity index is 0. The van der Waals surface area contributed by atoms with Crippen molar-refractivity contribution in [2.24, 2.45) is 5.73 Å². The zero-order valence-electron chi connectivity index (χ0n) is 10.8. The fourth-order valence-electron chi connectivity index (χ4n) is 0.842. The molecule has 0 spiro atoms. The van der Waals surface area contributed by atoms with Crippen molar-refractivity contribution >= 4 is 17.9 Å². The molecule has 1 unspecified atom stereocenters. The molecule has 0 aliphatic rings. The molecule has 0 aromatic heterocycles. The van der Waals surface area contributed by atoms with Crippen LogP contribution in [0.1, 0.15) is 13.3 Å². The zero-order valence-corrected chi connectivity index (χ0v) is 10.8. The minimum absolute atomic E-state index is 0.0780. The second-order valence-corrected chi connectivity index (χ2v) is 3.56. The summed E-state index contributed by atoms with van der Waals surface area (Å²) >= 11 is 0. The molecule has 9 nitrogen and oxygen atoms in total. The van der Waals surface area contributed by atoms with Crippen LogP contribution in [0, 0.1) is 0 Å². The SMILES string of the molecule is CC(=O)O.NC(CNCCNCCC(=O)O)C(=O)O. The molecule has 0 bridgehead atoms. The van der Waals surface area contributed by atoms with E-state index in [2.05, 4.69) is 10.6 Å². The molecule has 112 valence electrons. The zero-order chi connectivity index (χ0) is 15.3. The van der Waals surface area contributed by atoms with Crippen molar-refractivity contribution < 1.29 is 29.7 Å². The summed E-state index contributed by atoms with van der Waals surface area (Å²) in [7, 11) is 0. The van der Waals surface area contributed by atoms with E-state index in [0.717, 1.165) is 6.92 Å². The third-order valence-electron chi connectivity index (χ3n) is 1.68. The number of aliphatic carboxylic acids is 3. The molecule has 0 fully saturated rings. The van der Waals surface area contributed by atoms with Crippen LogP contribution in [0.2, 0.25) is 0 Å². The number of rotatable bonds is 9. The lowest BCUT2D eigenvalue weighted by Crippen LogP contribution is -2.42. The van der Waals surface area contributed by atoms with Crippen LogP contribution in [-0.2, 0) is 14.4 Å². The standard InChI is InChI=1S/C8H17N3O4.C2H4O2/c9-6(8(14)15)5-11-4-3-10-2-1-7(12)13;1-2(3)4/h6,10-11H,1-5,9H2,(H,12,13)(H,14,15);1H3,(H,3,4). The highest BCUT2D eigenvalue weighted by atomic mass is 16.4. The summed E-state index contributed by atoms with van der Waals surface area (Å²) in [5.41, 5.74) is 5.24. The van der Waals surface area contributed by atoms with Gasteiger partial charge in [0.2, 0.25) is 0 Å². The van der Waals surface area contributed by atoms with Crippen molar-refractivity contribution in [3.63, 3.8) is 0 Å². The van der Waals surface area contributed by atoms with E-state index in [1.807, 2.05) is 0 Å². The minimum Gasteiger partial charge on any atom is -0.481 e. The monoisotopic (exact) mass is 279 g/mol. The highest BCUT2D eigenvalue weighted by Crippen LogP contribution is 1.76. The summed E-state index contributed by atoms with van der Waals surface area (Å²) in [4.78, 5) is 29.4. The predicted octanol–water partition coefficient (Wildman–Crippen LogP) is -1.86. The van der Waals surface area contributed by atoms with Gasteiger partial charge in [0.05, 0.1) is 6.42 Å². The normalized spacial score (nSPS) is 11.1. The van der Waals surface area contributed by atoms with E-state index in [-0.39, 0.29) is 13.0 Å². The fraction of sp³-hybridized carbons (Fsp3) is 0.700. The van der Waals surface area contributed by atoms with Gasteiger partial charge in [0, 0.05) is 33.1 Å². The number of nitrogens with two attached hydrogens (primary N) is 1. The van der Waals surface area contributed by atoms with Crippen molar-refractivity contribution in [1.82, 2.24) is 10.6 Å². The van der Waals surface area contributed by atoms with E-state index in [1.165, 1.54) is 0 Å². The van der Waals surface area contributed by atoms with Crippen LogP contribution in [0.3, 0.4) is 0 Å². The average Bonchev–Trinajstić information content (AvgIpc) is 2.26. The lowest BCUT2D eigenvalue weighted by Gasteiger charge is -2.08. The quantitative estimate of drug-likeness (QED) is 0.266. The maximum atomic E-state index is 10.3. The highest BCUT2D eigenvalue weighted by Gasteiger charge is 2.09. The Hall–Kier alpha value is -1.71. The van der Waals surface area contributed by atoms with E-state index < -0.39 is 23.9 Å². The van der Waals surface area contributed by atoms with E-state index >= 15 is 0 Å². The number of hydrogen-bond acceptors (Lipinski definition) is 6. The van der Waals surface area contributed by atoms with Crippen LogP contribution in [-0.4, -0.2) is 65.4 Å². The summed E-state index contributed by atoms with van der Waals surface area (Å²) in [5.74, 6) is -2.72. The van der Waals surface area contributed by atoms with Gasteiger partial charge in [0.15, 0.2) is 0 Å². The van der Waals surface area contributed by atoms with E-state index in [1.54, 1.807) is 0 Å². The van der Waals surface area contributed by atoms with E-state index in [9.17, 15) is 9.59 Å². The second kappa shape index (κ2) is 12.7. The van der Waals surface area contributed by atoms with Gasteiger partial charge in [-0.2, -0.15) is 0 Å². The molecule has 1 atom stereocenters. The van der Waals surface area contributed by atoms with Crippen molar-refractivity contribution in [2.45, 2.75) is 19.4 Å². The maximum absolute atomic E-state index is 10.3. The number of carboxylic acid groups (broad SMARTS) is 3. The molecule has 0 aliphatic carbocycles. The van der Waals surface area contributed by atoms with Gasteiger partial charge >= 0.3 is 11.9 Å². The van der Waals surface area contributed by atoms with Crippen molar-refractivity contribution in [3.8, 4) is 0 Å². The molecule has 0 saturated carbocycles. The van der Waals surface area contributed by atoms with Gasteiger partial charge < -0.3 is 31.7 Å². The molecule has 7 N–H and O–H groups in total. The molecule has 0 aromatic carbocycles.